The summed E-state index contributed by atoms with van der Waals surface area (Å²) < 4.78 is 134. The molecule has 0 bridgehead atoms. The number of nitriles is 8. The van der Waals surface area contributed by atoms with Crippen LogP contribution in [0.5, 0.6) is 0 Å². The van der Waals surface area contributed by atoms with E-state index >= 15 is 17.6 Å². The largest absolute Gasteiger partial charge is 0.418 e. The van der Waals surface area contributed by atoms with E-state index in [-0.39, 0.29) is 6.20 Å². The first-order chi connectivity index (χ1) is 23.7. The highest BCUT2D eigenvalue weighted by Gasteiger charge is 2.47. The fourth-order valence-electron chi connectivity index (χ4n) is 4.86. The zero-order valence-corrected chi connectivity index (χ0v) is 23.6. The number of allylic oxidation sites excluding steroid dienone is 6. The molecule has 0 amide bonds. The van der Waals surface area contributed by atoms with Crippen LogP contribution in [0.2, 0.25) is 0 Å². The summed E-state index contributed by atoms with van der Waals surface area (Å²) in [6, 6.07) is 9.01. The van der Waals surface area contributed by atoms with Gasteiger partial charge in [0.1, 0.15) is 70.8 Å². The van der Waals surface area contributed by atoms with Crippen LogP contribution in [-0.4, -0.2) is 4.98 Å². The van der Waals surface area contributed by atoms with Gasteiger partial charge in [0.25, 0.3) is 0 Å². The van der Waals surface area contributed by atoms with Crippen LogP contribution in [0.15, 0.2) is 29.1 Å². The molecule has 50 heavy (non-hydrogen) atoms. The molecule has 0 unspecified atom stereocenters. The van der Waals surface area contributed by atoms with Gasteiger partial charge in [-0.15, -0.1) is 0 Å². The van der Waals surface area contributed by atoms with E-state index in [0.717, 1.165) is 36.4 Å². The molecule has 0 spiro atoms. The predicted octanol–water partition coefficient (Wildman–Crippen LogP) is 6.54. The molecule has 0 radical (unpaired) electrons. The van der Waals surface area contributed by atoms with E-state index in [1.165, 1.54) is 12.1 Å². The predicted molar refractivity (Wildman–Crippen MR) is 143 cm³/mol. The average Bonchev–Trinajstić information content (AvgIpc) is 3.81. The minimum Gasteiger partial charge on any atom is -0.263 e. The van der Waals surface area contributed by atoms with E-state index in [4.69, 9.17) is 10.5 Å². The molecule has 2 aromatic carbocycles. The minimum atomic E-state index is -5.41. The highest BCUT2D eigenvalue weighted by atomic mass is 19.4. The van der Waals surface area contributed by atoms with Crippen LogP contribution in [0, 0.1) is 126 Å². The van der Waals surface area contributed by atoms with Gasteiger partial charge >= 0.3 is 6.18 Å². The van der Waals surface area contributed by atoms with Gasteiger partial charge in [-0.05, 0) is 0 Å². The van der Waals surface area contributed by atoms with Crippen molar-refractivity contribution >= 4 is 16.7 Å². The Labute approximate surface area is 272 Å². The number of rotatable bonds is 3. The second-order valence-corrected chi connectivity index (χ2v) is 9.39. The first kappa shape index (κ1) is 35.0. The number of hydrogen-bond donors (Lipinski definition) is 0. The number of aromatic nitrogens is 1. The molecular weight excluding hydrogens is 681 g/mol. The van der Waals surface area contributed by atoms with Crippen molar-refractivity contribution in [2.45, 2.75) is 6.18 Å². The summed E-state index contributed by atoms with van der Waals surface area (Å²) in [4.78, 5) is 3.25. The van der Waals surface area contributed by atoms with Crippen LogP contribution in [0.1, 0.15) is 50.1 Å². The second kappa shape index (κ2) is 12.7. The Morgan fingerprint density at radius 1 is 0.460 bits per heavy atom. The molecule has 1 aromatic heterocycles. The van der Waals surface area contributed by atoms with Gasteiger partial charge in [0.2, 0.25) is 0 Å². The van der Waals surface area contributed by atoms with Gasteiger partial charge in [-0.25, -0.2) is 26.3 Å². The van der Waals surface area contributed by atoms with Crippen molar-refractivity contribution in [2.24, 2.45) is 0 Å². The standard InChI is InChI=1S/C32H2F9N9/c33-26-12(2-43)14(4-45)28(35)30(37)24(26)17(7-48)22-21(16(6-47)20-11(1-42)9-50-10-19(20)32(39,40)41)23(22)18(8-49)25-27(34)13(3-44)15(5-46)29(36)31(25)38/h9-10H/b21-16?,22-17-,23-18+. The number of pyridine rings is 1. The Bertz CT molecular complexity index is 2450. The van der Waals surface area contributed by atoms with E-state index in [0.29, 0.717) is 6.20 Å². The van der Waals surface area contributed by atoms with Gasteiger partial charge in [0.05, 0.1) is 39.0 Å². The first-order valence-corrected chi connectivity index (χ1v) is 12.6. The molecule has 18 heteroatoms. The average molecular weight is 683 g/mol. The summed E-state index contributed by atoms with van der Waals surface area (Å²) in [5.74, 6) is -13.3. The summed E-state index contributed by atoms with van der Waals surface area (Å²) in [5, 5.41) is 76.7. The molecule has 9 nitrogen and oxygen atoms in total. The fraction of sp³-hybridized carbons (Fsp3) is 0.0312. The van der Waals surface area contributed by atoms with Gasteiger partial charge in [0.15, 0.2) is 34.9 Å². The molecule has 0 aliphatic heterocycles. The van der Waals surface area contributed by atoms with E-state index in [9.17, 15) is 53.5 Å². The summed E-state index contributed by atoms with van der Waals surface area (Å²) in [6.45, 7) is 0. The van der Waals surface area contributed by atoms with Gasteiger partial charge < -0.3 is 0 Å². The first-order valence-electron chi connectivity index (χ1n) is 12.6. The second-order valence-electron chi connectivity index (χ2n) is 9.39. The van der Waals surface area contributed by atoms with Gasteiger partial charge in [0, 0.05) is 34.7 Å². The molecule has 4 rings (SSSR count). The lowest BCUT2D eigenvalue weighted by molar-refractivity contribution is -0.138. The molecule has 238 valence electrons. The number of hydrogen-bond acceptors (Lipinski definition) is 9. The topological polar surface area (TPSA) is 203 Å². The van der Waals surface area contributed by atoms with Crippen LogP contribution in [0.3, 0.4) is 0 Å². The van der Waals surface area contributed by atoms with E-state index in [1.54, 1.807) is 0 Å². The number of benzene rings is 2. The van der Waals surface area contributed by atoms with Gasteiger partial charge in [-0.1, -0.05) is 0 Å². The lowest BCUT2D eigenvalue weighted by Gasteiger charge is -2.12. The maximum Gasteiger partial charge on any atom is 0.418 e. The molecule has 1 fully saturated rings. The third kappa shape index (κ3) is 5.06. The Balaban J connectivity index is 2.42. The number of halogens is 9. The molecular formula is C32H2F9N9. The third-order valence-corrected chi connectivity index (χ3v) is 6.98. The molecule has 0 saturated heterocycles. The third-order valence-electron chi connectivity index (χ3n) is 6.98. The zero-order chi connectivity index (χ0) is 37.4. The van der Waals surface area contributed by atoms with E-state index < -0.39 is 125 Å². The van der Waals surface area contributed by atoms with Gasteiger partial charge in [-0.3, -0.25) is 4.98 Å². The summed E-state index contributed by atoms with van der Waals surface area (Å²) in [7, 11) is 0. The highest BCUT2D eigenvalue weighted by molar-refractivity contribution is 6.12. The Hall–Kier alpha value is -7.90. The van der Waals surface area contributed by atoms with Crippen molar-refractivity contribution in [2.75, 3.05) is 0 Å². The van der Waals surface area contributed by atoms with Crippen LogP contribution in [-0.2, 0) is 6.18 Å². The maximum atomic E-state index is 15.6. The fourth-order valence-corrected chi connectivity index (χ4v) is 4.86. The minimum absolute atomic E-state index is 0.128. The monoisotopic (exact) mass is 683 g/mol. The van der Waals surface area contributed by atoms with E-state index in [2.05, 4.69) is 4.98 Å². The molecule has 1 saturated carbocycles. The van der Waals surface area contributed by atoms with Crippen LogP contribution < -0.4 is 0 Å². The maximum absolute atomic E-state index is 15.6. The number of nitrogens with zero attached hydrogens (tertiary/aromatic N) is 9. The normalized spacial score (nSPS) is 14.7. The lowest BCUT2D eigenvalue weighted by Crippen LogP contribution is -2.11. The molecule has 1 aliphatic carbocycles. The smallest absolute Gasteiger partial charge is 0.263 e. The molecule has 0 N–H and O–H groups in total. The molecule has 3 aromatic rings. The van der Waals surface area contributed by atoms with Crippen molar-refractivity contribution in [3.05, 3.63) is 114 Å². The van der Waals surface area contributed by atoms with Crippen molar-refractivity contribution < 1.29 is 39.5 Å². The van der Waals surface area contributed by atoms with Crippen molar-refractivity contribution in [3.8, 4) is 48.6 Å². The Morgan fingerprint density at radius 3 is 1.10 bits per heavy atom. The molecule has 0 atom stereocenters. The van der Waals surface area contributed by atoms with Gasteiger partial charge in [-0.2, -0.15) is 55.3 Å². The summed E-state index contributed by atoms with van der Waals surface area (Å²) in [5.41, 5.74) is -21.6. The Kier molecular flexibility index (Phi) is 8.89. The lowest BCUT2D eigenvalue weighted by atomic mass is 9.95. The van der Waals surface area contributed by atoms with E-state index in [1.807, 2.05) is 0 Å². The van der Waals surface area contributed by atoms with Crippen LogP contribution >= 0.6 is 0 Å². The van der Waals surface area contributed by atoms with Crippen molar-refractivity contribution in [1.29, 1.82) is 42.1 Å². The molecule has 1 heterocycles. The summed E-state index contributed by atoms with van der Waals surface area (Å²) >= 11 is 0. The van der Waals surface area contributed by atoms with Crippen molar-refractivity contribution in [1.82, 2.24) is 4.98 Å². The Morgan fingerprint density at radius 2 is 0.800 bits per heavy atom. The highest BCUT2D eigenvalue weighted by Crippen LogP contribution is 2.58. The van der Waals surface area contributed by atoms with Crippen LogP contribution in [0.4, 0.5) is 39.5 Å². The summed E-state index contributed by atoms with van der Waals surface area (Å²) in [6.07, 6.45) is -4.76. The SMILES string of the molecule is N#CC(=C1C(=C(/C#N)c2c(F)c(F)c(C#N)c(C#N)c2F)/C1=C(/C#N)c1c(F)c(F)c(C#N)c(C#N)c1F)c1c(C#N)cncc1C(F)(F)F. The van der Waals surface area contributed by atoms with Crippen LogP contribution in [0.25, 0.3) is 16.7 Å². The quantitative estimate of drug-likeness (QED) is 0.167. The number of alkyl halides is 3. The molecule has 1 aliphatic rings. The van der Waals surface area contributed by atoms with Crippen molar-refractivity contribution in [3.63, 3.8) is 0 Å². The zero-order valence-electron chi connectivity index (χ0n) is 23.6.